The maximum Gasteiger partial charge on any atom is 0.323 e. The number of amides is 2. The summed E-state index contributed by atoms with van der Waals surface area (Å²) in [7, 11) is 0. The lowest BCUT2D eigenvalue weighted by Gasteiger charge is -2.07. The number of halogens is 1. The number of aldehydes is 1. The third kappa shape index (κ3) is 3.82. The molecule has 19 heavy (non-hydrogen) atoms. The Morgan fingerprint density at radius 3 is 2.37 bits per heavy atom. The molecule has 0 heterocycles. The molecule has 2 aromatic carbocycles. The summed E-state index contributed by atoms with van der Waals surface area (Å²) >= 11 is 5.75. The molecule has 96 valence electrons. The number of hydrogen-bond donors (Lipinski definition) is 2. The smallest absolute Gasteiger partial charge is 0.308 e. The van der Waals surface area contributed by atoms with Gasteiger partial charge >= 0.3 is 6.03 Å². The van der Waals surface area contributed by atoms with E-state index in [2.05, 4.69) is 10.6 Å². The number of benzene rings is 2. The van der Waals surface area contributed by atoms with Crippen LogP contribution in [0.1, 0.15) is 10.4 Å². The van der Waals surface area contributed by atoms with Crippen LogP contribution in [-0.4, -0.2) is 12.3 Å². The van der Waals surface area contributed by atoms with Crippen molar-refractivity contribution in [3.63, 3.8) is 0 Å². The van der Waals surface area contributed by atoms with Gasteiger partial charge < -0.3 is 10.6 Å². The topological polar surface area (TPSA) is 58.2 Å². The molecular weight excluding hydrogens is 264 g/mol. The van der Waals surface area contributed by atoms with Gasteiger partial charge in [-0.15, -0.1) is 0 Å². The van der Waals surface area contributed by atoms with Gasteiger partial charge in [0.15, 0.2) is 0 Å². The highest BCUT2D eigenvalue weighted by atomic mass is 35.5. The van der Waals surface area contributed by atoms with Gasteiger partial charge in [0.05, 0.1) is 0 Å². The highest BCUT2D eigenvalue weighted by Gasteiger charge is 2.03. The van der Waals surface area contributed by atoms with E-state index in [1.165, 1.54) is 0 Å². The molecular formula is C14H11ClN2O2. The average molecular weight is 275 g/mol. The van der Waals surface area contributed by atoms with E-state index >= 15 is 0 Å². The normalized spacial score (nSPS) is 9.74. The zero-order valence-electron chi connectivity index (χ0n) is 9.89. The van der Waals surface area contributed by atoms with Crippen LogP contribution in [-0.2, 0) is 0 Å². The molecule has 0 saturated carbocycles. The van der Waals surface area contributed by atoms with Crippen molar-refractivity contribution in [1.82, 2.24) is 0 Å². The summed E-state index contributed by atoms with van der Waals surface area (Å²) in [6, 6.07) is 13.0. The minimum atomic E-state index is -0.384. The van der Waals surface area contributed by atoms with Gasteiger partial charge in [-0.05, 0) is 36.4 Å². The van der Waals surface area contributed by atoms with Crippen molar-refractivity contribution in [3.8, 4) is 0 Å². The molecule has 0 atom stereocenters. The highest BCUT2D eigenvalue weighted by molar-refractivity contribution is 6.30. The highest BCUT2D eigenvalue weighted by Crippen LogP contribution is 2.14. The Balaban J connectivity index is 2.00. The van der Waals surface area contributed by atoms with Crippen LogP contribution in [0.3, 0.4) is 0 Å². The standard InChI is InChI=1S/C14H11ClN2O2/c15-11-4-6-12(7-5-11)16-14(19)17-13-3-1-2-10(8-13)9-18/h1-9H,(H2,16,17,19). The number of carbonyl (C=O) groups is 2. The van der Waals surface area contributed by atoms with Crippen molar-refractivity contribution >= 4 is 35.3 Å². The molecule has 2 rings (SSSR count). The molecule has 0 fully saturated rings. The first-order valence-electron chi connectivity index (χ1n) is 5.56. The fourth-order valence-corrected chi connectivity index (χ4v) is 1.64. The van der Waals surface area contributed by atoms with Crippen molar-refractivity contribution in [1.29, 1.82) is 0 Å². The lowest BCUT2D eigenvalue weighted by atomic mass is 10.2. The number of anilines is 2. The maximum absolute atomic E-state index is 11.7. The van der Waals surface area contributed by atoms with Gasteiger partial charge in [0, 0.05) is 22.0 Å². The second-order valence-corrected chi connectivity index (χ2v) is 4.27. The van der Waals surface area contributed by atoms with Crippen LogP contribution in [0.4, 0.5) is 16.2 Å². The van der Waals surface area contributed by atoms with Crippen LogP contribution in [0.25, 0.3) is 0 Å². The van der Waals surface area contributed by atoms with E-state index in [1.807, 2.05) is 0 Å². The van der Waals surface area contributed by atoms with Gasteiger partial charge in [-0.1, -0.05) is 23.7 Å². The number of nitrogens with one attached hydrogen (secondary N) is 2. The van der Waals surface area contributed by atoms with Gasteiger partial charge in [0.1, 0.15) is 6.29 Å². The Kier molecular flexibility index (Phi) is 4.15. The van der Waals surface area contributed by atoms with Crippen molar-refractivity contribution in [2.24, 2.45) is 0 Å². The maximum atomic E-state index is 11.7. The minimum Gasteiger partial charge on any atom is -0.308 e. The minimum absolute atomic E-state index is 0.384. The Hall–Kier alpha value is -2.33. The molecule has 0 aliphatic heterocycles. The monoisotopic (exact) mass is 274 g/mol. The molecule has 0 aromatic heterocycles. The van der Waals surface area contributed by atoms with Crippen molar-refractivity contribution < 1.29 is 9.59 Å². The van der Waals surface area contributed by atoms with Crippen LogP contribution in [0.5, 0.6) is 0 Å². The molecule has 0 radical (unpaired) electrons. The van der Waals surface area contributed by atoms with Crippen LogP contribution in [0.15, 0.2) is 48.5 Å². The molecule has 0 bridgehead atoms. The quantitative estimate of drug-likeness (QED) is 0.837. The summed E-state index contributed by atoms with van der Waals surface area (Å²) in [5.74, 6) is 0. The first kappa shape index (κ1) is 13.1. The number of urea groups is 1. The molecule has 0 aliphatic rings. The fourth-order valence-electron chi connectivity index (χ4n) is 1.52. The second-order valence-electron chi connectivity index (χ2n) is 3.83. The SMILES string of the molecule is O=Cc1cccc(NC(=O)Nc2ccc(Cl)cc2)c1. The predicted molar refractivity (Wildman–Crippen MR) is 75.9 cm³/mol. The number of carbonyl (C=O) groups excluding carboxylic acids is 2. The van der Waals surface area contributed by atoms with Gasteiger partial charge in [0.25, 0.3) is 0 Å². The first-order valence-corrected chi connectivity index (χ1v) is 5.94. The Bertz CT molecular complexity index is 597. The largest absolute Gasteiger partial charge is 0.323 e. The zero-order valence-corrected chi connectivity index (χ0v) is 10.6. The Morgan fingerprint density at radius 2 is 1.68 bits per heavy atom. The van der Waals surface area contributed by atoms with E-state index in [0.717, 1.165) is 6.29 Å². The molecule has 5 heteroatoms. The second kappa shape index (κ2) is 6.02. The van der Waals surface area contributed by atoms with E-state index in [0.29, 0.717) is 22.0 Å². The van der Waals surface area contributed by atoms with E-state index in [9.17, 15) is 9.59 Å². The molecule has 0 spiro atoms. The van der Waals surface area contributed by atoms with Gasteiger partial charge in [0.2, 0.25) is 0 Å². The van der Waals surface area contributed by atoms with E-state index < -0.39 is 0 Å². The molecule has 0 aliphatic carbocycles. The number of hydrogen-bond acceptors (Lipinski definition) is 2. The summed E-state index contributed by atoms with van der Waals surface area (Å²) in [5, 5.41) is 5.90. The molecule has 0 saturated heterocycles. The van der Waals surface area contributed by atoms with E-state index in [1.54, 1.807) is 48.5 Å². The summed E-state index contributed by atoms with van der Waals surface area (Å²) in [6.07, 6.45) is 0.724. The Labute approximate surface area is 115 Å². The summed E-state index contributed by atoms with van der Waals surface area (Å²) in [4.78, 5) is 22.3. The van der Waals surface area contributed by atoms with Gasteiger partial charge in [-0.3, -0.25) is 4.79 Å². The summed E-state index contributed by atoms with van der Waals surface area (Å²) in [5.41, 5.74) is 1.69. The average Bonchev–Trinajstić information content (AvgIpc) is 2.41. The lowest BCUT2D eigenvalue weighted by Crippen LogP contribution is -2.19. The molecule has 0 unspecified atom stereocenters. The molecule has 2 N–H and O–H groups in total. The van der Waals surface area contributed by atoms with Gasteiger partial charge in [-0.25, -0.2) is 4.79 Å². The van der Waals surface area contributed by atoms with Crippen LogP contribution in [0.2, 0.25) is 5.02 Å². The Morgan fingerprint density at radius 1 is 1.00 bits per heavy atom. The third-order valence-electron chi connectivity index (χ3n) is 2.38. The van der Waals surface area contributed by atoms with Crippen molar-refractivity contribution in [3.05, 3.63) is 59.1 Å². The predicted octanol–water partition coefficient (Wildman–Crippen LogP) is 3.80. The third-order valence-corrected chi connectivity index (χ3v) is 2.63. The van der Waals surface area contributed by atoms with E-state index in [-0.39, 0.29) is 6.03 Å². The first-order chi connectivity index (χ1) is 9.17. The number of rotatable bonds is 3. The fraction of sp³-hybridized carbons (Fsp3) is 0. The lowest BCUT2D eigenvalue weighted by molar-refractivity contribution is 0.112. The zero-order chi connectivity index (χ0) is 13.7. The van der Waals surface area contributed by atoms with Crippen LogP contribution in [0, 0.1) is 0 Å². The molecule has 2 aromatic rings. The van der Waals surface area contributed by atoms with Crippen molar-refractivity contribution in [2.75, 3.05) is 10.6 Å². The summed E-state index contributed by atoms with van der Waals surface area (Å²) < 4.78 is 0. The van der Waals surface area contributed by atoms with Crippen LogP contribution >= 0.6 is 11.6 Å². The van der Waals surface area contributed by atoms with Crippen LogP contribution < -0.4 is 10.6 Å². The summed E-state index contributed by atoms with van der Waals surface area (Å²) in [6.45, 7) is 0. The molecule has 2 amide bonds. The van der Waals surface area contributed by atoms with Gasteiger partial charge in [-0.2, -0.15) is 0 Å². The van der Waals surface area contributed by atoms with Crippen molar-refractivity contribution in [2.45, 2.75) is 0 Å². The van der Waals surface area contributed by atoms with E-state index in [4.69, 9.17) is 11.6 Å². The molecule has 4 nitrogen and oxygen atoms in total.